The topological polar surface area (TPSA) is 184 Å². The van der Waals surface area contributed by atoms with Crippen molar-refractivity contribution in [2.45, 2.75) is 0 Å². The number of carbonyl (C=O) groups excluding carboxylic acids is 2. The van der Waals surface area contributed by atoms with Crippen LogP contribution in [0.25, 0.3) is 0 Å². The van der Waals surface area contributed by atoms with Crippen molar-refractivity contribution in [2.24, 2.45) is 15.9 Å². The van der Waals surface area contributed by atoms with Crippen LogP contribution in [-0.4, -0.2) is 34.1 Å². The Morgan fingerprint density at radius 3 is 2.41 bits per heavy atom. The summed E-state index contributed by atoms with van der Waals surface area (Å²) < 4.78 is 0. The molecule has 0 aliphatic carbocycles. The van der Waals surface area contributed by atoms with E-state index < -0.39 is 22.8 Å². The first-order valence-electron chi connectivity index (χ1n) is 5.55. The predicted molar refractivity (Wildman–Crippen MR) is 73.7 cm³/mol. The van der Waals surface area contributed by atoms with Crippen molar-refractivity contribution >= 4 is 24.0 Å². The van der Waals surface area contributed by atoms with Gasteiger partial charge in [-0.2, -0.15) is 5.10 Å². The third-order valence-electron chi connectivity index (χ3n) is 1.96. The second-order valence-corrected chi connectivity index (χ2v) is 3.60. The predicted octanol–water partition coefficient (Wildman–Crippen LogP) is -2.03. The van der Waals surface area contributed by atoms with Gasteiger partial charge in [0.15, 0.2) is 5.03 Å². The standard InChI is InChI=1S/C10H11N7O5/c11-10(16-17(21)22)15-14-9(20)8(19)13-12-5-6-1-3-7(18)4-2-6/h1-5,18H,(H,13,19)(H,14,20)(H3,11,15,16)/b12-5+. The van der Waals surface area contributed by atoms with E-state index in [0.717, 1.165) is 0 Å². The molecule has 0 saturated carbocycles. The van der Waals surface area contributed by atoms with Gasteiger partial charge in [0, 0.05) is 0 Å². The van der Waals surface area contributed by atoms with Crippen LogP contribution >= 0.6 is 0 Å². The number of benzene rings is 1. The number of hydrazone groups is 2. The Balaban J connectivity index is 2.46. The number of phenols is 1. The molecule has 22 heavy (non-hydrogen) atoms. The first kappa shape index (κ1) is 16.4. The van der Waals surface area contributed by atoms with Crippen molar-refractivity contribution in [3.05, 3.63) is 39.9 Å². The molecule has 1 aromatic rings. The third kappa shape index (κ3) is 5.96. The summed E-state index contributed by atoms with van der Waals surface area (Å²) in [6, 6.07) is 5.88. The van der Waals surface area contributed by atoms with E-state index in [0.29, 0.717) is 5.56 Å². The maximum atomic E-state index is 11.3. The monoisotopic (exact) mass is 309 g/mol. The molecule has 0 fully saturated rings. The Labute approximate surface area is 122 Å². The fourth-order valence-electron chi connectivity index (χ4n) is 1.06. The lowest BCUT2D eigenvalue weighted by Gasteiger charge is -1.99. The summed E-state index contributed by atoms with van der Waals surface area (Å²) >= 11 is 0. The quantitative estimate of drug-likeness (QED) is 0.139. The molecule has 6 N–H and O–H groups in total. The van der Waals surface area contributed by atoms with E-state index in [1.807, 2.05) is 5.43 Å². The molecule has 12 nitrogen and oxygen atoms in total. The summed E-state index contributed by atoms with van der Waals surface area (Å²) in [5, 5.41) is 24.6. The fraction of sp³-hybridized carbons (Fsp3) is 0. The van der Waals surface area contributed by atoms with E-state index in [2.05, 4.69) is 10.2 Å². The molecule has 1 aromatic carbocycles. The molecule has 0 aromatic heterocycles. The SMILES string of the molecule is N/C(=N/NC(=O)C(=O)N/N=C/c1ccc(O)cc1)N[N+](=O)[O-]. The third-order valence-corrected chi connectivity index (χ3v) is 1.96. The molecule has 2 amide bonds. The Bertz CT molecular complexity index is 625. The minimum Gasteiger partial charge on any atom is -0.508 e. The number of carbonyl (C=O) groups is 2. The molecule has 0 aliphatic rings. The lowest BCUT2D eigenvalue weighted by Crippen LogP contribution is -2.41. The first-order valence-corrected chi connectivity index (χ1v) is 5.55. The summed E-state index contributed by atoms with van der Waals surface area (Å²) in [6.07, 6.45) is 1.23. The lowest BCUT2D eigenvalue weighted by molar-refractivity contribution is -0.525. The molecular weight excluding hydrogens is 298 g/mol. The number of guanidine groups is 1. The zero-order valence-electron chi connectivity index (χ0n) is 10.9. The van der Waals surface area contributed by atoms with E-state index in [9.17, 15) is 19.7 Å². The van der Waals surface area contributed by atoms with Crippen molar-refractivity contribution in [3.8, 4) is 5.75 Å². The van der Waals surface area contributed by atoms with E-state index in [1.165, 1.54) is 35.9 Å². The van der Waals surface area contributed by atoms with Crippen LogP contribution in [0.15, 0.2) is 34.5 Å². The van der Waals surface area contributed by atoms with Gasteiger partial charge in [0.1, 0.15) is 5.75 Å². The van der Waals surface area contributed by atoms with Crippen LogP contribution < -0.4 is 22.0 Å². The highest BCUT2D eigenvalue weighted by Crippen LogP contribution is 2.07. The van der Waals surface area contributed by atoms with Crippen LogP contribution in [0.1, 0.15) is 5.56 Å². The largest absolute Gasteiger partial charge is 0.508 e. The second kappa shape index (κ2) is 7.78. The first-order chi connectivity index (χ1) is 10.4. The number of nitrogens with one attached hydrogen (secondary N) is 3. The molecule has 0 radical (unpaired) electrons. The molecule has 0 unspecified atom stereocenters. The summed E-state index contributed by atoms with van der Waals surface area (Å²) in [5.74, 6) is -3.03. The van der Waals surface area contributed by atoms with Crippen LogP contribution in [0.4, 0.5) is 0 Å². The highest BCUT2D eigenvalue weighted by atomic mass is 16.7. The van der Waals surface area contributed by atoms with Gasteiger partial charge in [-0.15, -0.1) is 5.10 Å². The van der Waals surface area contributed by atoms with Crippen molar-refractivity contribution in [2.75, 3.05) is 0 Å². The molecular formula is C10H11N7O5. The average molecular weight is 309 g/mol. The van der Waals surface area contributed by atoms with Gasteiger partial charge in [-0.3, -0.25) is 9.59 Å². The summed E-state index contributed by atoms with van der Waals surface area (Å²) in [7, 11) is 0. The van der Waals surface area contributed by atoms with Gasteiger partial charge >= 0.3 is 11.8 Å². The Kier molecular flexibility index (Phi) is 5.79. The number of phenolic OH excluding ortho intramolecular Hbond substituents is 1. The number of amides is 2. The number of nitro groups is 1. The molecule has 0 saturated heterocycles. The van der Waals surface area contributed by atoms with Gasteiger partial charge in [0.2, 0.25) is 0 Å². The molecule has 0 atom stereocenters. The second-order valence-electron chi connectivity index (χ2n) is 3.60. The zero-order chi connectivity index (χ0) is 16.5. The van der Waals surface area contributed by atoms with Crippen LogP contribution in [0.3, 0.4) is 0 Å². The summed E-state index contributed by atoms with van der Waals surface area (Å²) in [5.41, 5.74) is 10.6. The van der Waals surface area contributed by atoms with Gasteiger partial charge in [-0.25, -0.2) is 21.0 Å². The van der Waals surface area contributed by atoms with Crippen LogP contribution in [0, 0.1) is 10.1 Å². The smallest absolute Gasteiger partial charge is 0.331 e. The number of hydrogen-bond donors (Lipinski definition) is 5. The maximum Gasteiger partial charge on any atom is 0.331 e. The molecule has 116 valence electrons. The van der Waals surface area contributed by atoms with Crippen LogP contribution in [0.5, 0.6) is 5.75 Å². The van der Waals surface area contributed by atoms with Gasteiger partial charge < -0.3 is 10.8 Å². The molecule has 0 spiro atoms. The average Bonchev–Trinajstić information content (AvgIpc) is 2.46. The number of nitrogens with two attached hydrogens (primary N) is 1. The highest BCUT2D eigenvalue weighted by Gasteiger charge is 2.12. The number of hydrazine groups is 1. The molecule has 0 aliphatic heterocycles. The minimum absolute atomic E-state index is 0.0688. The van der Waals surface area contributed by atoms with Gasteiger partial charge in [-0.05, 0) is 29.8 Å². The Morgan fingerprint density at radius 2 is 1.82 bits per heavy atom. The Hall–Kier alpha value is -3.70. The Morgan fingerprint density at radius 1 is 1.23 bits per heavy atom. The number of rotatable bonds is 4. The van der Waals surface area contributed by atoms with Gasteiger partial charge in [0.05, 0.1) is 6.21 Å². The van der Waals surface area contributed by atoms with Gasteiger partial charge in [0.25, 0.3) is 5.96 Å². The van der Waals surface area contributed by atoms with Crippen molar-refractivity contribution < 1.29 is 19.7 Å². The highest BCUT2D eigenvalue weighted by molar-refractivity contribution is 6.35. The molecule has 0 heterocycles. The molecule has 0 bridgehead atoms. The van der Waals surface area contributed by atoms with Crippen molar-refractivity contribution in [1.82, 2.24) is 16.3 Å². The maximum absolute atomic E-state index is 11.3. The fourth-order valence-corrected chi connectivity index (χ4v) is 1.06. The minimum atomic E-state index is -1.23. The zero-order valence-corrected chi connectivity index (χ0v) is 10.9. The number of aromatic hydroxyl groups is 1. The lowest BCUT2D eigenvalue weighted by atomic mass is 10.2. The summed E-state index contributed by atoms with van der Waals surface area (Å²) in [4.78, 5) is 32.5. The van der Waals surface area contributed by atoms with E-state index in [-0.39, 0.29) is 5.75 Å². The number of hydrogen-bond acceptors (Lipinski definition) is 7. The van der Waals surface area contributed by atoms with E-state index in [1.54, 1.807) is 5.43 Å². The van der Waals surface area contributed by atoms with Crippen molar-refractivity contribution in [1.29, 1.82) is 0 Å². The van der Waals surface area contributed by atoms with Crippen LogP contribution in [0.2, 0.25) is 0 Å². The van der Waals surface area contributed by atoms with Crippen molar-refractivity contribution in [3.63, 3.8) is 0 Å². The molecule has 1 rings (SSSR count). The molecule has 12 heteroatoms. The van der Waals surface area contributed by atoms with E-state index in [4.69, 9.17) is 10.8 Å². The number of nitrogens with zero attached hydrogens (tertiary/aromatic N) is 3. The normalized spacial score (nSPS) is 11.0. The van der Waals surface area contributed by atoms with E-state index >= 15 is 0 Å². The summed E-state index contributed by atoms with van der Waals surface area (Å²) in [6.45, 7) is 0. The van der Waals surface area contributed by atoms with Crippen LogP contribution in [-0.2, 0) is 9.59 Å². The van der Waals surface area contributed by atoms with Gasteiger partial charge in [-0.1, -0.05) is 5.43 Å².